The highest BCUT2D eigenvalue weighted by molar-refractivity contribution is 7.89. The third-order valence-electron chi connectivity index (χ3n) is 7.15. The number of hydrogen-bond acceptors (Lipinski definition) is 6. The van der Waals surface area contributed by atoms with Crippen LogP contribution >= 0.6 is 0 Å². The molecule has 2 atom stereocenters. The van der Waals surface area contributed by atoms with Crippen molar-refractivity contribution in [3.05, 3.63) is 90.5 Å². The zero-order valence-corrected chi connectivity index (χ0v) is 24.4. The van der Waals surface area contributed by atoms with E-state index in [0.717, 1.165) is 15.9 Å². The Morgan fingerprint density at radius 1 is 0.921 bits per heavy atom. The van der Waals surface area contributed by atoms with Gasteiger partial charge in [0.25, 0.3) is 8.32 Å². The summed E-state index contributed by atoms with van der Waals surface area (Å²) in [5, 5.41) is 1.92. The third-order valence-corrected chi connectivity index (χ3v) is 13.9. The Kier molecular flexibility index (Phi) is 8.25. The topological polar surface area (TPSA) is 84.9 Å². The molecule has 0 saturated carbocycles. The van der Waals surface area contributed by atoms with Crippen LogP contribution in [0.25, 0.3) is 0 Å². The number of esters is 1. The van der Waals surface area contributed by atoms with Crippen molar-refractivity contribution < 1.29 is 22.5 Å². The van der Waals surface area contributed by atoms with Gasteiger partial charge in [0.15, 0.2) is 0 Å². The number of aryl methyl sites for hydroxylation is 1. The van der Waals surface area contributed by atoms with Crippen LogP contribution in [-0.2, 0) is 24.1 Å². The first-order chi connectivity index (χ1) is 18.0. The van der Waals surface area contributed by atoms with E-state index in [2.05, 4.69) is 50.5 Å². The molecular formula is C29H36N2O5SSi. The number of ether oxygens (including phenoxy) is 1. The summed E-state index contributed by atoms with van der Waals surface area (Å²) in [6.07, 6.45) is 0.232. The Morgan fingerprint density at radius 3 is 1.92 bits per heavy atom. The lowest BCUT2D eigenvalue weighted by Crippen LogP contribution is -2.69. The van der Waals surface area contributed by atoms with Crippen LogP contribution in [-0.4, -0.2) is 52.7 Å². The molecule has 1 N–H and O–H groups in total. The number of sulfonamides is 1. The molecule has 0 aliphatic carbocycles. The average Bonchev–Trinajstić information content (AvgIpc) is 3.35. The molecule has 1 heterocycles. The summed E-state index contributed by atoms with van der Waals surface area (Å²) in [5.41, 5.74) is 4.20. The molecular weight excluding hydrogens is 516 g/mol. The van der Waals surface area contributed by atoms with Crippen LogP contribution in [0.4, 0.5) is 0 Å². The number of rotatable bonds is 8. The van der Waals surface area contributed by atoms with Crippen molar-refractivity contribution >= 4 is 34.7 Å². The second kappa shape index (κ2) is 11.1. The van der Waals surface area contributed by atoms with Crippen LogP contribution in [0.5, 0.6) is 0 Å². The van der Waals surface area contributed by atoms with E-state index in [9.17, 15) is 13.2 Å². The number of carbonyl (C=O) groups excluding carboxylic acids is 1. The minimum atomic E-state index is -3.93. The Bertz CT molecular complexity index is 1300. The fourth-order valence-corrected chi connectivity index (χ4v) is 11.1. The summed E-state index contributed by atoms with van der Waals surface area (Å²) < 4.78 is 40.2. The van der Waals surface area contributed by atoms with Crippen molar-refractivity contribution in [1.82, 2.24) is 9.79 Å². The predicted octanol–water partition coefficient (Wildman–Crippen LogP) is 3.38. The quantitative estimate of drug-likeness (QED) is 0.262. The second-order valence-electron chi connectivity index (χ2n) is 10.7. The first-order valence-electron chi connectivity index (χ1n) is 12.7. The Morgan fingerprint density at radius 2 is 1.45 bits per heavy atom. The molecule has 4 rings (SSSR count). The zero-order valence-electron chi connectivity index (χ0n) is 22.5. The number of nitrogens with zero attached hydrogens (tertiary/aromatic N) is 1. The van der Waals surface area contributed by atoms with Crippen LogP contribution in [0, 0.1) is 6.92 Å². The molecule has 1 aliphatic heterocycles. The molecule has 0 bridgehead atoms. The molecule has 1 fully saturated rings. The maximum atomic E-state index is 13.6. The first kappa shape index (κ1) is 28.2. The molecule has 3 aromatic carbocycles. The summed E-state index contributed by atoms with van der Waals surface area (Å²) >= 11 is 0. The van der Waals surface area contributed by atoms with Crippen LogP contribution < -0.4 is 15.9 Å². The van der Waals surface area contributed by atoms with Crippen molar-refractivity contribution in [2.24, 2.45) is 0 Å². The van der Waals surface area contributed by atoms with Crippen LogP contribution in [0.3, 0.4) is 0 Å². The van der Waals surface area contributed by atoms with E-state index in [0.29, 0.717) is 0 Å². The fourth-order valence-electron chi connectivity index (χ4n) is 5.17. The smallest absolute Gasteiger partial charge is 0.324 e. The van der Waals surface area contributed by atoms with Crippen LogP contribution in [0.15, 0.2) is 89.8 Å². The SMILES string of the molecule is COC(=O)[C@@H]1C[C@H](NO[Si](c2ccccc2)(c2ccccc2)C(C)(C)C)CN1S(=O)(=O)c1ccc(C)cc1. The Labute approximate surface area is 226 Å². The molecule has 1 aliphatic rings. The van der Waals surface area contributed by atoms with Crippen molar-refractivity contribution in [2.45, 2.75) is 56.1 Å². The van der Waals surface area contributed by atoms with Gasteiger partial charge in [0.05, 0.1) is 12.0 Å². The van der Waals surface area contributed by atoms with E-state index in [-0.39, 0.29) is 22.9 Å². The van der Waals surface area contributed by atoms with E-state index in [1.807, 2.05) is 43.3 Å². The lowest BCUT2D eigenvalue weighted by Gasteiger charge is -2.43. The molecule has 0 radical (unpaired) electrons. The van der Waals surface area contributed by atoms with Crippen LogP contribution in [0.2, 0.25) is 5.04 Å². The molecule has 0 spiro atoms. The molecule has 202 valence electrons. The van der Waals surface area contributed by atoms with Crippen LogP contribution in [0.1, 0.15) is 32.8 Å². The largest absolute Gasteiger partial charge is 0.468 e. The van der Waals surface area contributed by atoms with Crippen molar-refractivity contribution in [3.63, 3.8) is 0 Å². The highest BCUT2D eigenvalue weighted by Gasteiger charge is 2.52. The Hall–Kier alpha value is -2.82. The van der Waals surface area contributed by atoms with Gasteiger partial charge in [-0.3, -0.25) is 4.79 Å². The second-order valence-corrected chi connectivity index (χ2v) is 16.9. The molecule has 1 saturated heterocycles. The van der Waals surface area contributed by atoms with E-state index < -0.39 is 36.4 Å². The molecule has 7 nitrogen and oxygen atoms in total. The molecule has 0 unspecified atom stereocenters. The van der Waals surface area contributed by atoms with Gasteiger partial charge in [0.2, 0.25) is 10.0 Å². The van der Waals surface area contributed by atoms with Crippen molar-refractivity contribution in [1.29, 1.82) is 0 Å². The summed E-state index contributed by atoms with van der Waals surface area (Å²) in [7, 11) is -5.56. The van der Waals surface area contributed by atoms with E-state index >= 15 is 0 Å². The minimum Gasteiger partial charge on any atom is -0.468 e. The highest BCUT2D eigenvalue weighted by Crippen LogP contribution is 2.37. The lowest BCUT2D eigenvalue weighted by atomic mass is 10.2. The third kappa shape index (κ3) is 5.34. The fraction of sp³-hybridized carbons (Fsp3) is 0.345. The minimum absolute atomic E-state index is 0.0776. The van der Waals surface area contributed by atoms with Crippen molar-refractivity contribution in [2.75, 3.05) is 13.7 Å². The van der Waals surface area contributed by atoms with Gasteiger partial charge in [-0.25, -0.2) is 13.9 Å². The number of hydrogen-bond donors (Lipinski definition) is 1. The van der Waals surface area contributed by atoms with Gasteiger partial charge in [-0.1, -0.05) is 99.1 Å². The zero-order chi connectivity index (χ0) is 27.6. The standard InChI is InChI=1S/C29H36N2O5SSi/c1-22-16-18-24(19-17-22)37(33,34)31-21-23(20-27(31)28(32)35-5)30-36-38(29(2,3)4,25-12-8-6-9-13-25)26-14-10-7-11-15-26/h6-19,23,27,30H,20-21H2,1-5H3/t23-,27-/m0/s1. The molecule has 0 aromatic heterocycles. The number of methoxy groups -OCH3 is 1. The van der Waals surface area contributed by atoms with E-state index in [1.165, 1.54) is 11.4 Å². The summed E-state index contributed by atoms with van der Waals surface area (Å²) in [6.45, 7) is 8.47. The maximum absolute atomic E-state index is 13.6. The van der Waals surface area contributed by atoms with E-state index in [4.69, 9.17) is 9.26 Å². The van der Waals surface area contributed by atoms with Gasteiger partial charge in [-0.05, 0) is 40.9 Å². The summed E-state index contributed by atoms with van der Waals surface area (Å²) in [5.74, 6) is -0.588. The predicted molar refractivity (Wildman–Crippen MR) is 151 cm³/mol. The lowest BCUT2D eigenvalue weighted by molar-refractivity contribution is -0.144. The van der Waals surface area contributed by atoms with Gasteiger partial charge >= 0.3 is 5.97 Å². The first-order valence-corrected chi connectivity index (χ1v) is 16.1. The van der Waals surface area contributed by atoms with Gasteiger partial charge in [-0.15, -0.1) is 0 Å². The summed E-state index contributed by atoms with van der Waals surface area (Å²) in [4.78, 5) is 12.9. The van der Waals surface area contributed by atoms with Gasteiger partial charge < -0.3 is 9.26 Å². The molecule has 38 heavy (non-hydrogen) atoms. The number of nitrogens with one attached hydrogen (secondary N) is 1. The maximum Gasteiger partial charge on any atom is 0.324 e. The average molecular weight is 553 g/mol. The molecule has 0 amide bonds. The highest BCUT2D eigenvalue weighted by atomic mass is 32.2. The normalized spacial score (nSPS) is 18.9. The Balaban J connectivity index is 1.68. The number of hydroxylamine groups is 1. The number of benzene rings is 3. The summed E-state index contributed by atoms with van der Waals surface area (Å²) in [6, 6.07) is 25.6. The van der Waals surface area contributed by atoms with E-state index in [1.54, 1.807) is 24.3 Å². The van der Waals surface area contributed by atoms with Gasteiger partial charge in [0, 0.05) is 12.6 Å². The van der Waals surface area contributed by atoms with Gasteiger partial charge in [0.1, 0.15) is 6.04 Å². The molecule has 3 aromatic rings. The molecule has 9 heteroatoms. The monoisotopic (exact) mass is 552 g/mol. The van der Waals surface area contributed by atoms with Crippen molar-refractivity contribution in [3.8, 4) is 0 Å². The number of carbonyl (C=O) groups is 1. The van der Waals surface area contributed by atoms with Gasteiger partial charge in [-0.2, -0.15) is 4.31 Å².